The molecular weight excluding hydrogens is 409 g/mol. The second-order valence-corrected chi connectivity index (χ2v) is 6.32. The number of ether oxygens (including phenoxy) is 1. The number of carbonyl (C=O) groups excluding carboxylic acids is 2. The van der Waals surface area contributed by atoms with Gasteiger partial charge in [0.05, 0.1) is 15.7 Å². The lowest BCUT2D eigenvalue weighted by Gasteiger charge is -2.09. The zero-order valence-electron chi connectivity index (χ0n) is 14.2. The van der Waals surface area contributed by atoms with Crippen molar-refractivity contribution in [2.24, 2.45) is 0 Å². The fourth-order valence-electron chi connectivity index (χ4n) is 2.21. The summed E-state index contributed by atoms with van der Waals surface area (Å²) in [5, 5.41) is 6.88. The molecule has 1 heterocycles. The van der Waals surface area contributed by atoms with Gasteiger partial charge in [0, 0.05) is 5.56 Å². The van der Waals surface area contributed by atoms with Crippen molar-refractivity contribution in [3.63, 3.8) is 0 Å². The number of para-hydroxylation sites is 1. The van der Waals surface area contributed by atoms with Gasteiger partial charge >= 0.3 is 11.7 Å². The topological polar surface area (TPSA) is 103 Å². The predicted molar refractivity (Wildman–Crippen MR) is 102 cm³/mol. The molecule has 0 saturated heterocycles. The summed E-state index contributed by atoms with van der Waals surface area (Å²) in [6.45, 7) is -1.09. The number of amides is 1. The van der Waals surface area contributed by atoms with Crippen LogP contribution in [0.4, 0.5) is 5.69 Å². The monoisotopic (exact) mass is 421 g/mol. The van der Waals surface area contributed by atoms with Crippen LogP contribution in [0.3, 0.4) is 0 Å². The number of anilines is 1. The number of esters is 1. The van der Waals surface area contributed by atoms with Gasteiger partial charge in [-0.1, -0.05) is 47.5 Å². The molecule has 0 bridgehead atoms. The Balaban J connectivity index is 1.57. The molecule has 0 aliphatic carbocycles. The number of halogens is 2. The van der Waals surface area contributed by atoms with Crippen LogP contribution in [0.5, 0.6) is 0 Å². The highest BCUT2D eigenvalue weighted by atomic mass is 35.5. The third-order valence-corrected chi connectivity index (χ3v) is 4.13. The molecule has 3 rings (SSSR count). The zero-order chi connectivity index (χ0) is 20.1. The van der Waals surface area contributed by atoms with Crippen LogP contribution >= 0.6 is 23.2 Å². The largest absolute Gasteiger partial charge is 0.454 e. The van der Waals surface area contributed by atoms with E-state index in [1.165, 1.54) is 0 Å². The van der Waals surface area contributed by atoms with Crippen LogP contribution in [-0.2, 0) is 20.9 Å². The first-order valence-electron chi connectivity index (χ1n) is 7.97. The molecule has 0 aliphatic heterocycles. The maximum absolute atomic E-state index is 11.9. The number of nitrogens with one attached hydrogen (secondary N) is 1. The van der Waals surface area contributed by atoms with Crippen molar-refractivity contribution < 1.29 is 18.7 Å². The van der Waals surface area contributed by atoms with E-state index in [4.69, 9.17) is 32.4 Å². The molecule has 0 saturated carbocycles. The summed E-state index contributed by atoms with van der Waals surface area (Å²) in [5.41, 5.74) is 0.801. The number of hydrogen-bond acceptors (Lipinski definition) is 6. The minimum absolute atomic E-state index is 0.0736. The molecule has 8 nitrogen and oxygen atoms in total. The first kappa shape index (κ1) is 19.7. The van der Waals surface area contributed by atoms with Crippen LogP contribution in [-0.4, -0.2) is 28.3 Å². The highest BCUT2D eigenvalue weighted by Crippen LogP contribution is 2.29. The average Bonchev–Trinajstić information content (AvgIpc) is 3.04. The molecule has 144 valence electrons. The van der Waals surface area contributed by atoms with Crippen LogP contribution in [0.15, 0.2) is 57.7 Å². The van der Waals surface area contributed by atoms with E-state index in [0.717, 1.165) is 4.68 Å². The number of rotatable bonds is 6. The van der Waals surface area contributed by atoms with E-state index in [0.29, 0.717) is 5.56 Å². The lowest BCUT2D eigenvalue weighted by molar-refractivity contribution is -0.148. The van der Waals surface area contributed by atoms with E-state index in [1.54, 1.807) is 48.5 Å². The van der Waals surface area contributed by atoms with Crippen molar-refractivity contribution in [3.8, 4) is 11.5 Å². The number of nitrogens with zero attached hydrogens (tertiary/aromatic N) is 2. The Morgan fingerprint density at radius 1 is 1.07 bits per heavy atom. The fourth-order valence-corrected chi connectivity index (χ4v) is 2.70. The number of hydrogen-bond donors (Lipinski definition) is 1. The molecule has 1 N–H and O–H groups in total. The van der Waals surface area contributed by atoms with E-state index in [2.05, 4.69) is 10.4 Å². The summed E-state index contributed by atoms with van der Waals surface area (Å²) in [6, 6.07) is 13.5. The molecule has 0 spiro atoms. The van der Waals surface area contributed by atoms with E-state index in [-0.39, 0.29) is 21.6 Å². The second kappa shape index (κ2) is 8.73. The molecule has 1 aromatic heterocycles. The maximum atomic E-state index is 11.9. The second-order valence-electron chi connectivity index (χ2n) is 5.50. The molecule has 2 aromatic carbocycles. The highest BCUT2D eigenvalue weighted by Gasteiger charge is 2.16. The van der Waals surface area contributed by atoms with Gasteiger partial charge in [-0.05, 0) is 24.3 Å². The van der Waals surface area contributed by atoms with E-state index in [9.17, 15) is 14.4 Å². The number of benzene rings is 2. The molecule has 0 fully saturated rings. The molecule has 10 heteroatoms. The van der Waals surface area contributed by atoms with Gasteiger partial charge in [0.15, 0.2) is 6.61 Å². The van der Waals surface area contributed by atoms with Gasteiger partial charge in [-0.15, -0.1) is 5.10 Å². The van der Waals surface area contributed by atoms with Gasteiger partial charge in [0.25, 0.3) is 5.91 Å². The van der Waals surface area contributed by atoms with Gasteiger partial charge in [-0.25, -0.2) is 4.79 Å². The van der Waals surface area contributed by atoms with Gasteiger partial charge in [0.1, 0.15) is 6.54 Å². The third kappa shape index (κ3) is 4.79. The summed E-state index contributed by atoms with van der Waals surface area (Å²) >= 11 is 11.9. The predicted octanol–water partition coefficient (Wildman–Crippen LogP) is 2.99. The maximum Gasteiger partial charge on any atom is 0.437 e. The Kier molecular flexibility index (Phi) is 6.13. The van der Waals surface area contributed by atoms with Crippen molar-refractivity contribution in [1.29, 1.82) is 0 Å². The molecule has 0 atom stereocenters. The molecule has 3 aromatic rings. The lowest BCUT2D eigenvalue weighted by Crippen LogP contribution is -2.26. The summed E-state index contributed by atoms with van der Waals surface area (Å²) in [6.07, 6.45) is 0. The molecule has 0 aliphatic rings. The molecule has 1 amide bonds. The first-order chi connectivity index (χ1) is 13.4. The SMILES string of the molecule is O=C(COC(=O)Cn1nc(-c2ccccc2)oc1=O)Nc1c(Cl)cccc1Cl. The standard InChI is InChI=1S/C18H13Cl2N3O5/c19-12-7-4-8-13(20)16(12)21-14(24)10-27-15(25)9-23-18(26)28-17(22-23)11-5-2-1-3-6-11/h1-8H,9-10H2,(H,21,24). The van der Waals surface area contributed by atoms with Crippen LogP contribution < -0.4 is 11.1 Å². The Hall–Kier alpha value is -3.10. The van der Waals surface area contributed by atoms with Crippen molar-refractivity contribution in [1.82, 2.24) is 9.78 Å². The molecule has 28 heavy (non-hydrogen) atoms. The minimum atomic E-state index is -0.838. The van der Waals surface area contributed by atoms with Gasteiger partial charge in [-0.3, -0.25) is 9.59 Å². The van der Waals surface area contributed by atoms with E-state index < -0.39 is 30.8 Å². The Bertz CT molecular complexity index is 1040. The summed E-state index contributed by atoms with van der Waals surface area (Å²) in [5.74, 6) is -2.22. The van der Waals surface area contributed by atoms with Crippen molar-refractivity contribution >= 4 is 40.8 Å². The van der Waals surface area contributed by atoms with Crippen LogP contribution in [0.1, 0.15) is 0 Å². The van der Waals surface area contributed by atoms with Crippen molar-refractivity contribution in [3.05, 3.63) is 69.1 Å². The van der Waals surface area contributed by atoms with E-state index >= 15 is 0 Å². The highest BCUT2D eigenvalue weighted by molar-refractivity contribution is 6.39. The van der Waals surface area contributed by atoms with Crippen LogP contribution in [0.25, 0.3) is 11.5 Å². The third-order valence-electron chi connectivity index (χ3n) is 3.50. The zero-order valence-corrected chi connectivity index (χ0v) is 15.7. The van der Waals surface area contributed by atoms with E-state index in [1.807, 2.05) is 0 Å². The summed E-state index contributed by atoms with van der Waals surface area (Å²) in [7, 11) is 0. The van der Waals surface area contributed by atoms with Gasteiger partial charge in [-0.2, -0.15) is 4.68 Å². The summed E-state index contributed by atoms with van der Waals surface area (Å²) < 4.78 is 10.7. The molecule has 0 radical (unpaired) electrons. The smallest absolute Gasteiger partial charge is 0.437 e. The van der Waals surface area contributed by atoms with Crippen molar-refractivity contribution in [2.45, 2.75) is 6.54 Å². The Morgan fingerprint density at radius 3 is 2.43 bits per heavy atom. The van der Waals surface area contributed by atoms with Crippen LogP contribution in [0, 0.1) is 0 Å². The lowest BCUT2D eigenvalue weighted by atomic mass is 10.2. The Morgan fingerprint density at radius 2 is 1.75 bits per heavy atom. The fraction of sp³-hybridized carbons (Fsp3) is 0.111. The molecule has 0 unspecified atom stereocenters. The van der Waals surface area contributed by atoms with Gasteiger partial charge in [0.2, 0.25) is 5.89 Å². The summed E-state index contributed by atoms with van der Waals surface area (Å²) in [4.78, 5) is 35.6. The van der Waals surface area contributed by atoms with Crippen LogP contribution in [0.2, 0.25) is 10.0 Å². The normalized spacial score (nSPS) is 10.5. The van der Waals surface area contributed by atoms with Gasteiger partial charge < -0.3 is 14.5 Å². The minimum Gasteiger partial charge on any atom is -0.454 e. The molecular formula is C18H13Cl2N3O5. The average molecular weight is 422 g/mol. The van der Waals surface area contributed by atoms with Crippen molar-refractivity contribution in [2.75, 3.05) is 11.9 Å². The number of carbonyl (C=O) groups is 2. The number of aromatic nitrogens is 2. The quantitative estimate of drug-likeness (QED) is 0.613. The first-order valence-corrected chi connectivity index (χ1v) is 8.72. The Labute approximate surface area is 168 Å².